The summed E-state index contributed by atoms with van der Waals surface area (Å²) >= 11 is 0. The van der Waals surface area contributed by atoms with Gasteiger partial charge in [0.25, 0.3) is 0 Å². The summed E-state index contributed by atoms with van der Waals surface area (Å²) in [6.45, 7) is 2.70. The highest BCUT2D eigenvalue weighted by atomic mass is 16.5. The molecule has 1 atom stereocenters. The number of aromatic nitrogens is 1. The topological polar surface area (TPSA) is 75.9 Å². The van der Waals surface area contributed by atoms with Gasteiger partial charge < -0.3 is 19.1 Å². The van der Waals surface area contributed by atoms with Gasteiger partial charge in [-0.15, -0.1) is 0 Å². The van der Waals surface area contributed by atoms with Gasteiger partial charge >= 0.3 is 0 Å². The number of hydrogen-bond acceptors (Lipinski definition) is 5. The van der Waals surface area contributed by atoms with Gasteiger partial charge in [0.15, 0.2) is 0 Å². The van der Waals surface area contributed by atoms with Gasteiger partial charge in [0.1, 0.15) is 24.1 Å². The average Bonchev–Trinajstić information content (AvgIpc) is 3.02. The van der Waals surface area contributed by atoms with Crippen LogP contribution in [0.5, 0.6) is 0 Å². The Hall–Kier alpha value is -2.67. The Bertz CT molecular complexity index is 744. The van der Waals surface area contributed by atoms with Crippen molar-refractivity contribution in [2.24, 2.45) is 0 Å². The molecule has 1 aromatic heterocycles. The lowest BCUT2D eigenvalue weighted by molar-refractivity contribution is -0.159. The van der Waals surface area contributed by atoms with Gasteiger partial charge in [-0.3, -0.25) is 9.59 Å². The first-order valence-corrected chi connectivity index (χ1v) is 8.13. The SMILES string of the molecule is Cc1cc(CN(C)C(=O)C2COCC(=O)N2Cc2ccccc2)no1. The number of rotatable bonds is 5. The molecule has 2 heterocycles. The Balaban J connectivity index is 1.72. The van der Waals surface area contributed by atoms with Gasteiger partial charge in [0.2, 0.25) is 11.8 Å². The van der Waals surface area contributed by atoms with E-state index in [1.165, 1.54) is 0 Å². The number of nitrogens with zero attached hydrogens (tertiary/aromatic N) is 3. The second-order valence-corrected chi connectivity index (χ2v) is 6.16. The molecule has 0 aliphatic carbocycles. The standard InChI is InChI=1S/C18H21N3O4/c1-13-8-15(19-25-13)10-20(2)18(23)16-11-24-12-17(22)21(16)9-14-6-4-3-5-7-14/h3-8,16H,9-12H2,1-2H3. The van der Waals surface area contributed by atoms with Crippen molar-refractivity contribution in [1.29, 1.82) is 0 Å². The van der Waals surface area contributed by atoms with Gasteiger partial charge in [-0.1, -0.05) is 35.5 Å². The fourth-order valence-corrected chi connectivity index (χ4v) is 2.86. The van der Waals surface area contributed by atoms with Crippen LogP contribution in [0.3, 0.4) is 0 Å². The van der Waals surface area contributed by atoms with E-state index in [-0.39, 0.29) is 25.0 Å². The number of aryl methyl sites for hydroxylation is 1. The summed E-state index contributed by atoms with van der Waals surface area (Å²) in [5.74, 6) is 0.335. The molecule has 0 saturated carbocycles. The predicted molar refractivity (Wildman–Crippen MR) is 89.3 cm³/mol. The van der Waals surface area contributed by atoms with E-state index in [0.717, 1.165) is 5.56 Å². The zero-order valence-corrected chi connectivity index (χ0v) is 14.3. The third kappa shape index (κ3) is 4.06. The van der Waals surface area contributed by atoms with E-state index >= 15 is 0 Å². The van der Waals surface area contributed by atoms with Crippen LogP contribution < -0.4 is 0 Å². The molecular formula is C18H21N3O4. The number of amides is 2. The van der Waals surface area contributed by atoms with E-state index in [4.69, 9.17) is 9.26 Å². The van der Waals surface area contributed by atoms with E-state index in [1.807, 2.05) is 30.3 Å². The minimum absolute atomic E-state index is 0.00279. The van der Waals surface area contributed by atoms with Gasteiger partial charge in [-0.2, -0.15) is 0 Å². The molecule has 1 saturated heterocycles. The van der Waals surface area contributed by atoms with Crippen LogP contribution in [0, 0.1) is 6.92 Å². The number of carbonyl (C=O) groups is 2. The highest BCUT2D eigenvalue weighted by Crippen LogP contribution is 2.16. The van der Waals surface area contributed by atoms with Crippen molar-refractivity contribution >= 4 is 11.8 Å². The normalized spacial score (nSPS) is 17.6. The molecule has 2 amide bonds. The first-order chi connectivity index (χ1) is 12.0. The summed E-state index contributed by atoms with van der Waals surface area (Å²) in [4.78, 5) is 28.3. The molecule has 0 radical (unpaired) electrons. The Morgan fingerprint density at radius 3 is 2.80 bits per heavy atom. The van der Waals surface area contributed by atoms with E-state index in [9.17, 15) is 9.59 Å². The second kappa shape index (κ2) is 7.48. The number of ether oxygens (including phenoxy) is 1. The molecule has 132 valence electrons. The van der Waals surface area contributed by atoms with Crippen molar-refractivity contribution in [1.82, 2.24) is 15.0 Å². The lowest BCUT2D eigenvalue weighted by Gasteiger charge is -2.36. The molecule has 1 fully saturated rings. The van der Waals surface area contributed by atoms with Gasteiger partial charge in [0.05, 0.1) is 13.2 Å². The zero-order valence-electron chi connectivity index (χ0n) is 14.3. The molecule has 1 aliphatic heterocycles. The monoisotopic (exact) mass is 343 g/mol. The third-order valence-corrected chi connectivity index (χ3v) is 4.13. The van der Waals surface area contributed by atoms with Gasteiger partial charge in [-0.25, -0.2) is 0 Å². The quantitative estimate of drug-likeness (QED) is 0.819. The summed E-state index contributed by atoms with van der Waals surface area (Å²) in [6, 6.07) is 10.8. The number of hydrogen-bond donors (Lipinski definition) is 0. The van der Waals surface area contributed by atoms with Crippen LogP contribution in [0.15, 0.2) is 40.9 Å². The van der Waals surface area contributed by atoms with Crippen LogP contribution in [0.4, 0.5) is 0 Å². The average molecular weight is 343 g/mol. The maximum absolute atomic E-state index is 12.8. The van der Waals surface area contributed by atoms with Crippen molar-refractivity contribution in [2.45, 2.75) is 26.1 Å². The Kier molecular flexibility index (Phi) is 5.14. The van der Waals surface area contributed by atoms with Crippen LogP contribution >= 0.6 is 0 Å². The van der Waals surface area contributed by atoms with Crippen molar-refractivity contribution in [3.05, 3.63) is 53.4 Å². The molecular weight excluding hydrogens is 322 g/mol. The number of carbonyl (C=O) groups excluding carboxylic acids is 2. The van der Waals surface area contributed by atoms with E-state index < -0.39 is 6.04 Å². The second-order valence-electron chi connectivity index (χ2n) is 6.16. The van der Waals surface area contributed by atoms with Crippen molar-refractivity contribution in [3.8, 4) is 0 Å². The van der Waals surface area contributed by atoms with E-state index in [2.05, 4.69) is 5.16 Å². The molecule has 0 N–H and O–H groups in total. The summed E-state index contributed by atoms with van der Waals surface area (Å²) < 4.78 is 10.3. The Morgan fingerprint density at radius 2 is 2.12 bits per heavy atom. The maximum atomic E-state index is 12.8. The van der Waals surface area contributed by atoms with Crippen molar-refractivity contribution in [3.63, 3.8) is 0 Å². The number of likely N-dealkylation sites (N-methyl/N-ethyl adjacent to an activating group) is 1. The van der Waals surface area contributed by atoms with E-state index in [0.29, 0.717) is 24.5 Å². The van der Waals surface area contributed by atoms with E-state index in [1.54, 1.807) is 29.8 Å². The number of benzene rings is 1. The fraction of sp³-hybridized carbons (Fsp3) is 0.389. The molecule has 25 heavy (non-hydrogen) atoms. The molecule has 0 bridgehead atoms. The van der Waals surface area contributed by atoms with Crippen LogP contribution in [-0.4, -0.2) is 53.1 Å². The Labute approximate surface area is 146 Å². The molecule has 1 unspecified atom stereocenters. The van der Waals surface area contributed by atoms with Crippen LogP contribution in [-0.2, 0) is 27.4 Å². The van der Waals surface area contributed by atoms with Crippen LogP contribution in [0.1, 0.15) is 17.0 Å². The molecule has 0 spiro atoms. The minimum Gasteiger partial charge on any atom is -0.369 e. The molecule has 1 aromatic carbocycles. The molecule has 7 heteroatoms. The maximum Gasteiger partial charge on any atom is 0.249 e. The summed E-state index contributed by atoms with van der Waals surface area (Å²) in [5, 5.41) is 3.90. The van der Waals surface area contributed by atoms with Crippen molar-refractivity contribution in [2.75, 3.05) is 20.3 Å². The lowest BCUT2D eigenvalue weighted by atomic mass is 10.1. The predicted octanol–water partition coefficient (Wildman–Crippen LogP) is 1.37. The molecule has 1 aliphatic rings. The molecule has 3 rings (SSSR count). The van der Waals surface area contributed by atoms with Crippen LogP contribution in [0.25, 0.3) is 0 Å². The molecule has 2 aromatic rings. The van der Waals surface area contributed by atoms with Crippen LogP contribution in [0.2, 0.25) is 0 Å². The highest BCUT2D eigenvalue weighted by molar-refractivity contribution is 5.89. The smallest absolute Gasteiger partial charge is 0.249 e. The van der Waals surface area contributed by atoms with Gasteiger partial charge in [-0.05, 0) is 12.5 Å². The lowest BCUT2D eigenvalue weighted by Crippen LogP contribution is -2.56. The summed E-state index contributed by atoms with van der Waals surface area (Å²) in [5.41, 5.74) is 1.65. The molecule has 7 nitrogen and oxygen atoms in total. The Morgan fingerprint density at radius 1 is 1.36 bits per heavy atom. The first kappa shape index (κ1) is 17.2. The minimum atomic E-state index is -0.639. The van der Waals surface area contributed by atoms with Crippen molar-refractivity contribution < 1.29 is 18.8 Å². The first-order valence-electron chi connectivity index (χ1n) is 8.13. The largest absolute Gasteiger partial charge is 0.369 e. The highest BCUT2D eigenvalue weighted by Gasteiger charge is 2.35. The summed E-state index contributed by atoms with van der Waals surface area (Å²) in [6.07, 6.45) is 0. The zero-order chi connectivity index (χ0) is 17.8. The summed E-state index contributed by atoms with van der Waals surface area (Å²) in [7, 11) is 1.69. The van der Waals surface area contributed by atoms with Gasteiger partial charge in [0, 0.05) is 19.7 Å². The number of morpholine rings is 1. The fourth-order valence-electron chi connectivity index (χ4n) is 2.86. The third-order valence-electron chi connectivity index (χ3n) is 4.13.